The van der Waals surface area contributed by atoms with E-state index in [1.807, 2.05) is 35.7 Å². The number of hydrogen-bond acceptors (Lipinski definition) is 6. The number of nitrogens with one attached hydrogen (secondary N) is 1. The number of para-hydroxylation sites is 1. The average Bonchev–Trinajstić information content (AvgIpc) is 3.01. The SMILES string of the molecule is NC(=O)/C(=N\Nc1ncnc2ccccc12)c1cccs1. The molecule has 104 valence electrons. The van der Waals surface area contributed by atoms with Crippen molar-refractivity contribution in [2.24, 2.45) is 10.8 Å². The highest BCUT2D eigenvalue weighted by molar-refractivity contribution is 7.13. The van der Waals surface area contributed by atoms with Crippen molar-refractivity contribution >= 4 is 39.7 Å². The van der Waals surface area contributed by atoms with Gasteiger partial charge in [0.2, 0.25) is 0 Å². The van der Waals surface area contributed by atoms with Gasteiger partial charge in [0.1, 0.15) is 6.33 Å². The second-order valence-corrected chi connectivity index (χ2v) is 5.10. The van der Waals surface area contributed by atoms with Crippen LogP contribution in [0.2, 0.25) is 0 Å². The Labute approximate surface area is 124 Å². The molecule has 0 bridgehead atoms. The zero-order valence-electron chi connectivity index (χ0n) is 10.9. The summed E-state index contributed by atoms with van der Waals surface area (Å²) in [7, 11) is 0. The van der Waals surface area contributed by atoms with Gasteiger partial charge < -0.3 is 5.73 Å². The summed E-state index contributed by atoms with van der Waals surface area (Å²) in [4.78, 5) is 20.5. The van der Waals surface area contributed by atoms with Crippen molar-refractivity contribution < 1.29 is 4.79 Å². The molecular formula is C14H11N5OS. The number of nitrogens with zero attached hydrogens (tertiary/aromatic N) is 3. The van der Waals surface area contributed by atoms with Crippen molar-refractivity contribution in [2.75, 3.05) is 5.43 Å². The van der Waals surface area contributed by atoms with Crippen LogP contribution in [0.3, 0.4) is 0 Å². The van der Waals surface area contributed by atoms with Crippen LogP contribution in [0.15, 0.2) is 53.2 Å². The highest BCUT2D eigenvalue weighted by Gasteiger charge is 2.12. The van der Waals surface area contributed by atoms with Crippen molar-refractivity contribution in [1.29, 1.82) is 0 Å². The van der Waals surface area contributed by atoms with Crippen LogP contribution in [0, 0.1) is 0 Å². The van der Waals surface area contributed by atoms with E-state index in [-0.39, 0.29) is 5.71 Å². The van der Waals surface area contributed by atoms with Gasteiger partial charge in [-0.05, 0) is 23.6 Å². The molecular weight excluding hydrogens is 286 g/mol. The first-order chi connectivity index (χ1) is 10.3. The van der Waals surface area contributed by atoms with Crippen LogP contribution in [-0.2, 0) is 4.79 Å². The highest BCUT2D eigenvalue weighted by atomic mass is 32.1. The molecule has 0 aliphatic heterocycles. The van der Waals surface area contributed by atoms with Crippen LogP contribution in [0.25, 0.3) is 10.9 Å². The smallest absolute Gasteiger partial charge is 0.270 e. The summed E-state index contributed by atoms with van der Waals surface area (Å²) in [5.41, 5.74) is 9.14. The van der Waals surface area contributed by atoms with E-state index in [4.69, 9.17) is 5.73 Å². The minimum Gasteiger partial charge on any atom is -0.364 e. The zero-order chi connectivity index (χ0) is 14.7. The van der Waals surface area contributed by atoms with Gasteiger partial charge in [-0.3, -0.25) is 10.2 Å². The van der Waals surface area contributed by atoms with Crippen molar-refractivity contribution in [3.8, 4) is 0 Å². The highest BCUT2D eigenvalue weighted by Crippen LogP contribution is 2.18. The molecule has 0 radical (unpaired) electrons. The number of thiophene rings is 1. The lowest BCUT2D eigenvalue weighted by atomic mass is 10.2. The number of nitrogens with two attached hydrogens (primary N) is 1. The predicted molar refractivity (Wildman–Crippen MR) is 83.2 cm³/mol. The molecule has 3 rings (SSSR count). The summed E-state index contributed by atoms with van der Waals surface area (Å²) in [6, 6.07) is 11.1. The molecule has 0 unspecified atom stereocenters. The van der Waals surface area contributed by atoms with E-state index in [0.29, 0.717) is 10.7 Å². The second kappa shape index (κ2) is 5.68. The van der Waals surface area contributed by atoms with E-state index < -0.39 is 5.91 Å². The first-order valence-electron chi connectivity index (χ1n) is 6.13. The molecule has 0 fully saturated rings. The molecule has 0 saturated heterocycles. The molecule has 0 aliphatic carbocycles. The Morgan fingerprint density at radius 2 is 2.05 bits per heavy atom. The predicted octanol–water partition coefficient (Wildman–Crippen LogP) is 1.99. The summed E-state index contributed by atoms with van der Waals surface area (Å²) in [6.07, 6.45) is 1.44. The fourth-order valence-corrected chi connectivity index (χ4v) is 2.57. The molecule has 0 atom stereocenters. The average molecular weight is 297 g/mol. The number of amides is 1. The van der Waals surface area contributed by atoms with Crippen molar-refractivity contribution in [2.45, 2.75) is 0 Å². The van der Waals surface area contributed by atoms with Gasteiger partial charge >= 0.3 is 0 Å². The van der Waals surface area contributed by atoms with Crippen LogP contribution >= 0.6 is 11.3 Å². The maximum absolute atomic E-state index is 11.5. The number of rotatable bonds is 4. The molecule has 2 aromatic heterocycles. The van der Waals surface area contributed by atoms with Crippen LogP contribution in [0.1, 0.15) is 4.88 Å². The maximum atomic E-state index is 11.5. The molecule has 0 aliphatic rings. The number of hydrogen-bond donors (Lipinski definition) is 2. The number of benzene rings is 1. The number of carbonyl (C=O) groups excluding carboxylic acids is 1. The van der Waals surface area contributed by atoms with Gasteiger partial charge in [0, 0.05) is 5.39 Å². The van der Waals surface area contributed by atoms with E-state index in [1.54, 1.807) is 6.07 Å². The molecule has 21 heavy (non-hydrogen) atoms. The first-order valence-corrected chi connectivity index (χ1v) is 7.01. The molecule has 6 nitrogen and oxygen atoms in total. The lowest BCUT2D eigenvalue weighted by Crippen LogP contribution is -2.24. The van der Waals surface area contributed by atoms with Crippen molar-refractivity contribution in [3.05, 3.63) is 53.0 Å². The number of primary amides is 1. The minimum atomic E-state index is -0.594. The minimum absolute atomic E-state index is 0.174. The largest absolute Gasteiger partial charge is 0.364 e. The van der Waals surface area contributed by atoms with Crippen LogP contribution in [-0.4, -0.2) is 21.6 Å². The number of fused-ring (bicyclic) bond motifs is 1. The summed E-state index contributed by atoms with van der Waals surface area (Å²) in [5.74, 6) is -0.0702. The van der Waals surface area contributed by atoms with Gasteiger partial charge in [-0.25, -0.2) is 9.97 Å². The Morgan fingerprint density at radius 3 is 2.81 bits per heavy atom. The molecule has 3 N–H and O–H groups in total. The third-order valence-corrected chi connectivity index (χ3v) is 3.68. The van der Waals surface area contributed by atoms with Gasteiger partial charge in [-0.15, -0.1) is 11.3 Å². The molecule has 0 saturated carbocycles. The van der Waals surface area contributed by atoms with Crippen molar-refractivity contribution in [3.63, 3.8) is 0 Å². The normalized spacial score (nSPS) is 11.5. The third-order valence-electron chi connectivity index (χ3n) is 2.80. The second-order valence-electron chi connectivity index (χ2n) is 4.15. The molecule has 7 heteroatoms. The number of anilines is 1. The standard InChI is InChI=1S/C14H11N5OS/c15-13(20)12(11-6-3-7-21-11)18-19-14-9-4-1-2-5-10(9)16-8-17-14/h1-8H,(H2,15,20)(H,16,17,19)/b18-12-. The number of aromatic nitrogens is 2. The molecule has 1 amide bonds. The Bertz CT molecular complexity index is 808. The Morgan fingerprint density at radius 1 is 1.19 bits per heavy atom. The van der Waals surface area contributed by atoms with Gasteiger partial charge in [0.15, 0.2) is 11.5 Å². The lowest BCUT2D eigenvalue weighted by molar-refractivity contribution is -0.111. The Hall–Kier alpha value is -2.80. The van der Waals surface area contributed by atoms with E-state index in [0.717, 1.165) is 10.9 Å². The van der Waals surface area contributed by atoms with E-state index in [2.05, 4.69) is 20.5 Å². The van der Waals surface area contributed by atoms with E-state index in [9.17, 15) is 4.79 Å². The maximum Gasteiger partial charge on any atom is 0.270 e. The van der Waals surface area contributed by atoms with Crippen molar-refractivity contribution in [1.82, 2.24) is 9.97 Å². The monoisotopic (exact) mass is 297 g/mol. The first kappa shape index (κ1) is 13.2. The van der Waals surface area contributed by atoms with Crippen LogP contribution in [0.4, 0.5) is 5.82 Å². The molecule has 1 aromatic carbocycles. The summed E-state index contributed by atoms with van der Waals surface area (Å²) < 4.78 is 0. The van der Waals surface area contributed by atoms with Gasteiger partial charge in [-0.2, -0.15) is 5.10 Å². The van der Waals surface area contributed by atoms with E-state index in [1.165, 1.54) is 17.7 Å². The number of hydrazone groups is 1. The molecule has 2 heterocycles. The summed E-state index contributed by atoms with van der Waals surface area (Å²) >= 11 is 1.39. The van der Waals surface area contributed by atoms with Gasteiger partial charge in [0.05, 0.1) is 10.4 Å². The molecule has 0 spiro atoms. The molecule has 3 aromatic rings. The third kappa shape index (κ3) is 2.72. The summed E-state index contributed by atoms with van der Waals surface area (Å²) in [6.45, 7) is 0. The number of carbonyl (C=O) groups is 1. The van der Waals surface area contributed by atoms with Crippen LogP contribution in [0.5, 0.6) is 0 Å². The quantitative estimate of drug-likeness (QED) is 0.569. The topological polar surface area (TPSA) is 93.3 Å². The van der Waals surface area contributed by atoms with Gasteiger partial charge in [0.25, 0.3) is 5.91 Å². The summed E-state index contributed by atoms with van der Waals surface area (Å²) in [5, 5.41) is 6.77. The van der Waals surface area contributed by atoms with Crippen LogP contribution < -0.4 is 11.2 Å². The Kier molecular flexibility index (Phi) is 3.57. The van der Waals surface area contributed by atoms with E-state index >= 15 is 0 Å². The fourth-order valence-electron chi connectivity index (χ4n) is 1.85. The fraction of sp³-hybridized carbons (Fsp3) is 0. The zero-order valence-corrected chi connectivity index (χ0v) is 11.7. The lowest BCUT2D eigenvalue weighted by Gasteiger charge is -2.05. The van der Waals surface area contributed by atoms with Gasteiger partial charge in [-0.1, -0.05) is 18.2 Å². The Balaban J connectivity index is 1.98.